The van der Waals surface area contributed by atoms with Gasteiger partial charge in [-0.3, -0.25) is 0 Å². The van der Waals surface area contributed by atoms with E-state index < -0.39 is 0 Å². The first kappa shape index (κ1) is 5.85. The zero-order valence-corrected chi connectivity index (χ0v) is 7.65. The number of hydrogen-bond donors (Lipinski definition) is 1. The maximum absolute atomic E-state index is 3.29. The molecule has 40 valence electrons. The Kier molecular flexibility index (Phi) is 2.41. The van der Waals surface area contributed by atoms with Crippen LogP contribution in [0.3, 0.4) is 0 Å². The van der Waals surface area contributed by atoms with Gasteiger partial charge in [0.1, 0.15) is 0 Å². The average Bonchev–Trinajstić information content (AvgIpc) is 1.69. The topological polar surface area (TPSA) is 15.3 Å². The van der Waals surface area contributed by atoms with Gasteiger partial charge < -0.3 is 0 Å². The Hall–Kier alpha value is 0.719. The fraction of sp³-hybridized carbons (Fsp3) is 1.00. The van der Waals surface area contributed by atoms with Crippen LogP contribution in [0.5, 0.6) is 0 Å². The molecule has 1 fully saturated rings. The summed E-state index contributed by atoms with van der Waals surface area (Å²) in [7, 11) is 0. The van der Waals surface area contributed by atoms with Crippen molar-refractivity contribution in [3.63, 3.8) is 0 Å². The second kappa shape index (κ2) is 2.89. The van der Waals surface area contributed by atoms with Gasteiger partial charge in [0, 0.05) is 0 Å². The zero-order valence-electron chi connectivity index (χ0n) is 4.35. The van der Waals surface area contributed by atoms with E-state index in [2.05, 4.69) is 8.44 Å². The summed E-state index contributed by atoms with van der Waals surface area (Å²) in [5, 5.41) is 3.29. The maximum atomic E-state index is 3.29. The van der Waals surface area contributed by atoms with Crippen LogP contribution in [0.4, 0.5) is 0 Å². The Morgan fingerprint density at radius 2 is 1.86 bits per heavy atom. The van der Waals surface area contributed by atoms with Gasteiger partial charge in [0.15, 0.2) is 0 Å². The molecule has 2 radical (unpaired) electrons. The average molecular weight is 205 g/mol. The van der Waals surface area contributed by atoms with Gasteiger partial charge in [-0.1, -0.05) is 0 Å². The molecule has 1 aliphatic heterocycles. The molecule has 0 aromatic rings. The summed E-state index contributed by atoms with van der Waals surface area (Å²) in [5.74, 6) is 0. The summed E-state index contributed by atoms with van der Waals surface area (Å²) >= 11 is 1.30. The Morgan fingerprint density at radius 3 is 2.14 bits per heavy atom. The minimum atomic E-state index is 1.20. The molecule has 0 amide bonds. The molecule has 2 nitrogen and oxygen atoms in total. The van der Waals surface area contributed by atoms with Crippen LogP contribution in [0.1, 0.15) is 0 Å². The molecule has 0 bridgehead atoms. The number of nitrogens with one attached hydrogen (secondary N) is 1. The molecule has 0 aliphatic carbocycles. The summed E-state index contributed by atoms with van der Waals surface area (Å²) in [6.07, 6.45) is 0. The molecule has 1 saturated heterocycles. The molecule has 0 atom stereocenters. The summed E-state index contributed by atoms with van der Waals surface area (Å²) < 4.78 is 2.46. The van der Waals surface area contributed by atoms with Crippen molar-refractivity contribution in [3.05, 3.63) is 0 Å². The second-order valence-corrected chi connectivity index (χ2v) is 3.87. The Bertz CT molecular complexity index is 51.7. The van der Waals surface area contributed by atoms with E-state index in [1.54, 1.807) is 0 Å². The number of piperazine rings is 1. The third-order valence-corrected chi connectivity index (χ3v) is 2.63. The van der Waals surface area contributed by atoms with Crippen molar-refractivity contribution in [1.82, 2.24) is 8.44 Å². The summed E-state index contributed by atoms with van der Waals surface area (Å²) in [6.45, 7) is 4.92. The van der Waals surface area contributed by atoms with Gasteiger partial charge in [-0.25, -0.2) is 0 Å². The van der Waals surface area contributed by atoms with Gasteiger partial charge in [-0.2, -0.15) is 0 Å². The van der Waals surface area contributed by atoms with Crippen LogP contribution >= 0.6 is 0 Å². The summed E-state index contributed by atoms with van der Waals surface area (Å²) in [5.41, 5.74) is 0. The van der Waals surface area contributed by atoms with Gasteiger partial charge in [-0.05, 0) is 0 Å². The molecule has 1 rings (SSSR count). The van der Waals surface area contributed by atoms with E-state index in [9.17, 15) is 0 Å². The van der Waals surface area contributed by atoms with Crippen molar-refractivity contribution in [2.45, 2.75) is 0 Å². The van der Waals surface area contributed by atoms with Crippen molar-refractivity contribution >= 4 is 22.8 Å². The van der Waals surface area contributed by atoms with Crippen molar-refractivity contribution in [1.29, 1.82) is 0 Å². The first-order chi connectivity index (χ1) is 3.39. The van der Waals surface area contributed by atoms with Crippen LogP contribution in [0.25, 0.3) is 0 Å². The van der Waals surface area contributed by atoms with E-state index in [4.69, 9.17) is 0 Å². The first-order valence-corrected chi connectivity index (χ1v) is 4.07. The predicted octanol–water partition coefficient (Wildman–Crippen LogP) is -1.29. The zero-order chi connectivity index (χ0) is 5.11. The standard InChI is InChI=1S/C4H9N2.Sn.H/c1-2-6-4-3-5-1;;/h5H,1-4H2;;/q-1;+1;. The molecule has 7 heavy (non-hydrogen) atoms. The molecule has 1 aliphatic rings. The van der Waals surface area contributed by atoms with Crippen molar-refractivity contribution in [3.8, 4) is 0 Å². The van der Waals surface area contributed by atoms with Crippen molar-refractivity contribution in [2.24, 2.45) is 0 Å². The van der Waals surface area contributed by atoms with Crippen LogP contribution in [0.2, 0.25) is 0 Å². The molecule has 0 aromatic heterocycles. The summed E-state index contributed by atoms with van der Waals surface area (Å²) in [4.78, 5) is 0. The molecule has 0 spiro atoms. The minimum absolute atomic E-state index is 1.20. The molecule has 0 saturated carbocycles. The van der Waals surface area contributed by atoms with E-state index in [0.717, 1.165) is 0 Å². The molecule has 3 heteroatoms. The monoisotopic (exact) mass is 206 g/mol. The predicted molar refractivity (Wildman–Crippen MR) is 31.6 cm³/mol. The number of nitrogens with zero attached hydrogens (tertiary/aromatic N) is 1. The van der Waals surface area contributed by atoms with Crippen molar-refractivity contribution < 1.29 is 0 Å². The van der Waals surface area contributed by atoms with Crippen LogP contribution < -0.4 is 5.32 Å². The normalized spacial score (nSPS) is 25.3. The van der Waals surface area contributed by atoms with E-state index in [1.165, 1.54) is 49.0 Å². The second-order valence-electron chi connectivity index (χ2n) is 1.79. The number of rotatable bonds is 0. The van der Waals surface area contributed by atoms with E-state index in [-0.39, 0.29) is 0 Å². The van der Waals surface area contributed by atoms with Gasteiger partial charge in [-0.15, -0.1) is 0 Å². The first-order valence-electron chi connectivity index (χ1n) is 2.60. The SMILES string of the molecule is [SnH][N]1CCNCC1. The van der Waals surface area contributed by atoms with E-state index in [1.807, 2.05) is 0 Å². The molecular weight excluding hydrogens is 195 g/mol. The van der Waals surface area contributed by atoms with Crippen LogP contribution in [-0.4, -0.2) is 52.1 Å². The Morgan fingerprint density at radius 1 is 1.29 bits per heavy atom. The van der Waals surface area contributed by atoms with Crippen LogP contribution in [0.15, 0.2) is 0 Å². The fourth-order valence-corrected chi connectivity index (χ4v) is 1.42. The Labute approximate surface area is 57.7 Å². The third-order valence-electron chi connectivity index (χ3n) is 1.15. The number of hydrogen-bond acceptors (Lipinski definition) is 2. The van der Waals surface area contributed by atoms with Gasteiger partial charge >= 0.3 is 57.4 Å². The molecule has 0 aromatic carbocycles. The van der Waals surface area contributed by atoms with Gasteiger partial charge in [0.25, 0.3) is 0 Å². The van der Waals surface area contributed by atoms with E-state index >= 15 is 0 Å². The molecule has 1 N–H and O–H groups in total. The molecule has 0 unspecified atom stereocenters. The van der Waals surface area contributed by atoms with Crippen molar-refractivity contribution in [2.75, 3.05) is 26.2 Å². The fourth-order valence-electron chi connectivity index (χ4n) is 0.682. The Balaban J connectivity index is 2.12. The van der Waals surface area contributed by atoms with Crippen LogP contribution in [-0.2, 0) is 0 Å². The third kappa shape index (κ3) is 1.97. The van der Waals surface area contributed by atoms with Crippen LogP contribution in [0, 0.1) is 0 Å². The molecule has 1 heterocycles. The molecular formula is C4H10N2Sn. The van der Waals surface area contributed by atoms with Gasteiger partial charge in [0.05, 0.1) is 0 Å². The quantitative estimate of drug-likeness (QED) is 0.494. The summed E-state index contributed by atoms with van der Waals surface area (Å²) in [6, 6.07) is 0. The van der Waals surface area contributed by atoms with Gasteiger partial charge in [0.2, 0.25) is 0 Å². The van der Waals surface area contributed by atoms with E-state index in [0.29, 0.717) is 0 Å².